The molecule has 1 aliphatic heterocycles. The maximum Gasteiger partial charge on any atom is 0.225 e. The number of hydrogen-bond acceptors (Lipinski definition) is 3. The normalized spacial score (nSPS) is 15.8. The number of carbonyl (C=O) groups excluding carboxylic acids is 3. The zero-order valence-electron chi connectivity index (χ0n) is 11.3. The van der Waals surface area contributed by atoms with E-state index in [0.717, 1.165) is 0 Å². The standard InChI is InChI=1S/C12H21N3O3/c1-4-10(16)13-7-14(11(17)5-2)9-15(8-13)12(18)6-3/h4-9H2,1-3H3. The quantitative estimate of drug-likeness (QED) is 0.741. The first-order chi connectivity index (χ1) is 8.53. The van der Waals surface area contributed by atoms with Gasteiger partial charge in [0.1, 0.15) is 0 Å². The summed E-state index contributed by atoms with van der Waals surface area (Å²) < 4.78 is 0. The molecule has 0 aliphatic carbocycles. The molecule has 102 valence electrons. The van der Waals surface area contributed by atoms with Gasteiger partial charge in [-0.3, -0.25) is 14.4 Å². The zero-order chi connectivity index (χ0) is 13.7. The van der Waals surface area contributed by atoms with Crippen molar-refractivity contribution >= 4 is 17.7 Å². The Hall–Kier alpha value is -1.59. The highest BCUT2D eigenvalue weighted by Crippen LogP contribution is 2.11. The topological polar surface area (TPSA) is 60.9 Å². The fourth-order valence-electron chi connectivity index (χ4n) is 1.90. The Morgan fingerprint density at radius 3 is 1.06 bits per heavy atom. The molecule has 0 spiro atoms. The number of amides is 3. The fraction of sp³-hybridized carbons (Fsp3) is 0.750. The van der Waals surface area contributed by atoms with Crippen LogP contribution in [0.25, 0.3) is 0 Å². The lowest BCUT2D eigenvalue weighted by molar-refractivity contribution is -0.158. The van der Waals surface area contributed by atoms with Gasteiger partial charge in [-0.2, -0.15) is 0 Å². The summed E-state index contributed by atoms with van der Waals surface area (Å²) >= 11 is 0. The van der Waals surface area contributed by atoms with Crippen molar-refractivity contribution in [3.05, 3.63) is 0 Å². The molecule has 0 N–H and O–H groups in total. The maximum absolute atomic E-state index is 11.7. The fourth-order valence-corrected chi connectivity index (χ4v) is 1.90. The summed E-state index contributed by atoms with van der Waals surface area (Å²) in [5, 5.41) is 0. The van der Waals surface area contributed by atoms with Gasteiger partial charge < -0.3 is 14.7 Å². The third-order valence-electron chi connectivity index (χ3n) is 2.99. The van der Waals surface area contributed by atoms with E-state index >= 15 is 0 Å². The van der Waals surface area contributed by atoms with E-state index in [4.69, 9.17) is 0 Å². The summed E-state index contributed by atoms with van der Waals surface area (Å²) in [7, 11) is 0. The Kier molecular flexibility index (Phi) is 5.12. The molecule has 1 rings (SSSR count). The second-order valence-corrected chi connectivity index (χ2v) is 4.29. The molecule has 0 aromatic rings. The van der Waals surface area contributed by atoms with E-state index in [2.05, 4.69) is 0 Å². The largest absolute Gasteiger partial charge is 0.307 e. The molecule has 0 atom stereocenters. The van der Waals surface area contributed by atoms with E-state index in [0.29, 0.717) is 19.3 Å². The number of carbonyl (C=O) groups is 3. The Labute approximate surface area is 108 Å². The predicted octanol–water partition coefficient (Wildman–Crippen LogP) is 0.588. The smallest absolute Gasteiger partial charge is 0.225 e. The predicted molar refractivity (Wildman–Crippen MR) is 66.0 cm³/mol. The van der Waals surface area contributed by atoms with Gasteiger partial charge in [0, 0.05) is 19.3 Å². The molecular weight excluding hydrogens is 234 g/mol. The average Bonchev–Trinajstić information content (AvgIpc) is 2.43. The van der Waals surface area contributed by atoms with Gasteiger partial charge in [0.15, 0.2) is 0 Å². The van der Waals surface area contributed by atoms with Gasteiger partial charge in [-0.25, -0.2) is 0 Å². The van der Waals surface area contributed by atoms with Gasteiger partial charge in [-0.05, 0) is 0 Å². The van der Waals surface area contributed by atoms with Gasteiger partial charge in [-0.1, -0.05) is 20.8 Å². The molecule has 0 aromatic heterocycles. The van der Waals surface area contributed by atoms with Crippen LogP contribution in [0.15, 0.2) is 0 Å². The van der Waals surface area contributed by atoms with Crippen molar-refractivity contribution in [2.45, 2.75) is 40.0 Å². The molecule has 1 heterocycles. The zero-order valence-corrected chi connectivity index (χ0v) is 11.3. The third kappa shape index (κ3) is 3.21. The molecule has 18 heavy (non-hydrogen) atoms. The summed E-state index contributed by atoms with van der Waals surface area (Å²) in [6.07, 6.45) is 1.13. The van der Waals surface area contributed by atoms with Crippen molar-refractivity contribution in [1.29, 1.82) is 0 Å². The highest BCUT2D eigenvalue weighted by molar-refractivity contribution is 5.81. The Bertz CT molecular complexity index is 285. The lowest BCUT2D eigenvalue weighted by atomic mass is 10.3. The first-order valence-corrected chi connectivity index (χ1v) is 6.36. The van der Waals surface area contributed by atoms with E-state index in [1.165, 1.54) is 0 Å². The summed E-state index contributed by atoms with van der Waals surface area (Å²) in [4.78, 5) is 39.8. The van der Waals surface area contributed by atoms with Crippen molar-refractivity contribution in [1.82, 2.24) is 14.7 Å². The van der Waals surface area contributed by atoms with Crippen LogP contribution in [0.3, 0.4) is 0 Å². The first kappa shape index (κ1) is 14.5. The van der Waals surface area contributed by atoms with E-state index in [9.17, 15) is 14.4 Å². The van der Waals surface area contributed by atoms with Crippen molar-refractivity contribution in [3.8, 4) is 0 Å². The summed E-state index contributed by atoms with van der Waals surface area (Å²) in [6, 6.07) is 0. The van der Waals surface area contributed by atoms with Crippen molar-refractivity contribution < 1.29 is 14.4 Å². The molecule has 1 aliphatic rings. The summed E-state index contributed by atoms with van der Waals surface area (Å²) in [6.45, 7) is 6.17. The highest BCUT2D eigenvalue weighted by Gasteiger charge is 2.29. The summed E-state index contributed by atoms with van der Waals surface area (Å²) in [5.74, 6) is -0.132. The van der Waals surface area contributed by atoms with Crippen LogP contribution in [0.4, 0.5) is 0 Å². The Morgan fingerprint density at radius 1 is 0.667 bits per heavy atom. The van der Waals surface area contributed by atoms with Crippen LogP contribution < -0.4 is 0 Å². The molecular formula is C12H21N3O3. The van der Waals surface area contributed by atoms with Crippen LogP contribution in [0.2, 0.25) is 0 Å². The number of rotatable bonds is 3. The lowest BCUT2D eigenvalue weighted by Gasteiger charge is -2.42. The van der Waals surface area contributed by atoms with Crippen LogP contribution in [-0.2, 0) is 14.4 Å². The molecule has 1 fully saturated rings. The third-order valence-corrected chi connectivity index (χ3v) is 2.99. The molecule has 1 saturated heterocycles. The van der Waals surface area contributed by atoms with E-state index < -0.39 is 0 Å². The van der Waals surface area contributed by atoms with Crippen LogP contribution >= 0.6 is 0 Å². The van der Waals surface area contributed by atoms with Crippen molar-refractivity contribution in [2.75, 3.05) is 20.0 Å². The summed E-state index contributed by atoms with van der Waals surface area (Å²) in [5.41, 5.74) is 0. The van der Waals surface area contributed by atoms with Crippen molar-refractivity contribution in [3.63, 3.8) is 0 Å². The van der Waals surface area contributed by atoms with Gasteiger partial charge in [0.25, 0.3) is 0 Å². The minimum absolute atomic E-state index is 0.0440. The first-order valence-electron chi connectivity index (χ1n) is 6.36. The molecule has 0 saturated carbocycles. The Morgan fingerprint density at radius 2 is 0.889 bits per heavy atom. The van der Waals surface area contributed by atoms with E-state index in [-0.39, 0.29) is 37.7 Å². The van der Waals surface area contributed by atoms with Crippen LogP contribution in [0.5, 0.6) is 0 Å². The van der Waals surface area contributed by atoms with Gasteiger partial charge >= 0.3 is 0 Å². The van der Waals surface area contributed by atoms with Gasteiger partial charge in [-0.15, -0.1) is 0 Å². The number of hydrogen-bond donors (Lipinski definition) is 0. The van der Waals surface area contributed by atoms with E-state index in [1.54, 1.807) is 35.5 Å². The highest BCUT2D eigenvalue weighted by atomic mass is 16.2. The van der Waals surface area contributed by atoms with Crippen LogP contribution in [0, 0.1) is 0 Å². The Balaban J connectivity index is 2.81. The molecule has 3 amide bonds. The average molecular weight is 255 g/mol. The SMILES string of the molecule is CCC(=O)N1CN(C(=O)CC)CN(C(=O)CC)C1. The van der Waals surface area contributed by atoms with E-state index in [1.807, 2.05) is 0 Å². The number of nitrogens with zero attached hydrogens (tertiary/aromatic N) is 3. The monoisotopic (exact) mass is 255 g/mol. The maximum atomic E-state index is 11.7. The van der Waals surface area contributed by atoms with Crippen molar-refractivity contribution in [2.24, 2.45) is 0 Å². The lowest BCUT2D eigenvalue weighted by Crippen LogP contribution is -2.59. The minimum atomic E-state index is -0.0440. The second kappa shape index (κ2) is 6.37. The minimum Gasteiger partial charge on any atom is -0.307 e. The molecule has 0 radical (unpaired) electrons. The van der Waals surface area contributed by atoms with Gasteiger partial charge in [0.05, 0.1) is 20.0 Å². The molecule has 0 bridgehead atoms. The molecule has 0 unspecified atom stereocenters. The van der Waals surface area contributed by atoms with Crippen LogP contribution in [0.1, 0.15) is 40.0 Å². The molecule has 6 heteroatoms. The van der Waals surface area contributed by atoms with Crippen LogP contribution in [-0.4, -0.2) is 52.4 Å². The van der Waals surface area contributed by atoms with Gasteiger partial charge in [0.2, 0.25) is 17.7 Å². The molecule has 0 aromatic carbocycles. The second-order valence-electron chi connectivity index (χ2n) is 4.29. The molecule has 6 nitrogen and oxygen atoms in total.